The molecule has 94 valence electrons. The summed E-state index contributed by atoms with van der Waals surface area (Å²) < 4.78 is 14.8. The molecule has 1 aromatic carbocycles. The van der Waals surface area contributed by atoms with Gasteiger partial charge in [0.25, 0.3) is 0 Å². The van der Waals surface area contributed by atoms with Crippen LogP contribution in [0.3, 0.4) is 0 Å². The monoisotopic (exact) mass is 250 g/mol. The minimum absolute atomic E-state index is 0.0383. The number of nitrogens with one attached hydrogen (secondary N) is 1. The number of nitrogens with zero attached hydrogens (tertiary/aromatic N) is 3. The summed E-state index contributed by atoms with van der Waals surface area (Å²) in [6.45, 7) is 0.367. The number of aryl methyl sites for hydroxylation is 1. The first-order valence-electron chi connectivity index (χ1n) is 5.26. The van der Waals surface area contributed by atoms with Gasteiger partial charge >= 0.3 is 0 Å². The molecule has 7 heteroatoms. The molecule has 0 saturated carbocycles. The third-order valence-corrected chi connectivity index (χ3v) is 2.26. The molecular weight excluding hydrogens is 239 g/mol. The molecule has 1 aromatic heterocycles. The van der Waals surface area contributed by atoms with Gasteiger partial charge in [0.05, 0.1) is 12.2 Å². The highest BCUT2D eigenvalue weighted by atomic mass is 19.1. The van der Waals surface area contributed by atoms with Crippen molar-refractivity contribution >= 4 is 11.6 Å². The number of amides is 1. The molecule has 1 heterocycles. The number of halogens is 1. The highest BCUT2D eigenvalue weighted by molar-refractivity contribution is 5.90. The van der Waals surface area contributed by atoms with E-state index in [9.17, 15) is 9.18 Å². The number of carbonyl (C=O) groups is 1. The maximum absolute atomic E-state index is 13.3. The first kappa shape index (κ1) is 12.0. The molecule has 0 aliphatic carbocycles. The predicted molar refractivity (Wildman–Crippen MR) is 61.3 cm³/mol. The van der Waals surface area contributed by atoms with Crippen LogP contribution in [0, 0.1) is 5.82 Å². The van der Waals surface area contributed by atoms with E-state index < -0.39 is 5.82 Å². The second-order valence-corrected chi connectivity index (χ2v) is 3.62. The van der Waals surface area contributed by atoms with Crippen molar-refractivity contribution in [2.45, 2.75) is 13.0 Å². The molecule has 0 aliphatic rings. The average molecular weight is 250 g/mol. The Hall–Kier alpha value is -2.44. The smallest absolute Gasteiger partial charge is 0.226 e. The topological polar surface area (TPSA) is 80.0 Å². The number of phenolic OH excluding ortho intramolecular Hbond substituents is 1. The summed E-state index contributed by atoms with van der Waals surface area (Å²) in [5, 5.41) is 15.3. The zero-order valence-corrected chi connectivity index (χ0v) is 9.38. The van der Waals surface area contributed by atoms with Crippen LogP contribution in [0.4, 0.5) is 10.1 Å². The van der Waals surface area contributed by atoms with E-state index in [1.807, 2.05) is 0 Å². The predicted octanol–water partition coefficient (Wildman–Crippen LogP) is 1.15. The molecule has 2 rings (SSSR count). The zero-order chi connectivity index (χ0) is 13.0. The Bertz CT molecular complexity index is 542. The molecule has 0 saturated heterocycles. The quantitative estimate of drug-likeness (QED) is 0.798. The van der Waals surface area contributed by atoms with Crippen LogP contribution < -0.4 is 5.32 Å². The molecule has 1 amide bonds. The lowest BCUT2D eigenvalue weighted by atomic mass is 10.2. The summed E-state index contributed by atoms with van der Waals surface area (Å²) in [5.41, 5.74) is 0.0383. The zero-order valence-electron chi connectivity index (χ0n) is 9.38. The van der Waals surface area contributed by atoms with Crippen LogP contribution in [0.5, 0.6) is 5.75 Å². The number of aromatic nitrogens is 3. The van der Waals surface area contributed by atoms with Gasteiger partial charge in [0.15, 0.2) is 0 Å². The fraction of sp³-hybridized carbons (Fsp3) is 0.182. The third kappa shape index (κ3) is 3.03. The van der Waals surface area contributed by atoms with Gasteiger partial charge in [-0.1, -0.05) is 0 Å². The van der Waals surface area contributed by atoms with Gasteiger partial charge < -0.3 is 10.4 Å². The molecule has 0 spiro atoms. The van der Waals surface area contributed by atoms with E-state index in [0.29, 0.717) is 6.54 Å². The van der Waals surface area contributed by atoms with Crippen molar-refractivity contribution in [1.29, 1.82) is 0 Å². The molecule has 6 nitrogen and oxygen atoms in total. The number of hydrogen-bond donors (Lipinski definition) is 2. The largest absolute Gasteiger partial charge is 0.508 e. The van der Waals surface area contributed by atoms with Crippen LogP contribution in [0.2, 0.25) is 0 Å². The Morgan fingerprint density at radius 1 is 1.50 bits per heavy atom. The van der Waals surface area contributed by atoms with Gasteiger partial charge in [-0.15, -0.1) is 0 Å². The third-order valence-electron chi connectivity index (χ3n) is 2.26. The van der Waals surface area contributed by atoms with E-state index >= 15 is 0 Å². The lowest BCUT2D eigenvalue weighted by molar-refractivity contribution is -0.116. The van der Waals surface area contributed by atoms with Crippen molar-refractivity contribution in [3.63, 3.8) is 0 Å². The first-order chi connectivity index (χ1) is 8.65. The minimum atomic E-state index is -0.677. The fourth-order valence-electron chi connectivity index (χ4n) is 1.38. The molecule has 2 aromatic rings. The second kappa shape index (κ2) is 5.26. The normalized spacial score (nSPS) is 10.3. The van der Waals surface area contributed by atoms with E-state index in [-0.39, 0.29) is 23.8 Å². The number of hydrogen-bond acceptors (Lipinski definition) is 4. The molecule has 0 unspecified atom stereocenters. The summed E-state index contributed by atoms with van der Waals surface area (Å²) >= 11 is 0. The first-order valence-corrected chi connectivity index (χ1v) is 5.26. The van der Waals surface area contributed by atoms with Crippen molar-refractivity contribution < 1.29 is 14.3 Å². The Kier molecular flexibility index (Phi) is 3.52. The number of aromatic hydroxyl groups is 1. The molecule has 0 fully saturated rings. The van der Waals surface area contributed by atoms with Crippen LogP contribution in [0.15, 0.2) is 30.9 Å². The molecular formula is C11H11FN4O2. The van der Waals surface area contributed by atoms with E-state index in [0.717, 1.165) is 6.07 Å². The van der Waals surface area contributed by atoms with Crippen molar-refractivity contribution in [2.75, 3.05) is 5.32 Å². The van der Waals surface area contributed by atoms with Gasteiger partial charge in [-0.25, -0.2) is 9.37 Å². The van der Waals surface area contributed by atoms with E-state index in [4.69, 9.17) is 5.11 Å². The van der Waals surface area contributed by atoms with E-state index in [1.54, 1.807) is 0 Å². The SMILES string of the molecule is O=C(CCn1cncn1)Nc1ccc(O)cc1F. The van der Waals surface area contributed by atoms with Crippen LogP contribution in [0.1, 0.15) is 6.42 Å². The Labute approximate surface area is 102 Å². The molecule has 0 aliphatic heterocycles. The standard InChI is InChI=1S/C11H11FN4O2/c12-9-5-8(17)1-2-10(9)15-11(18)3-4-16-7-13-6-14-16/h1-2,5-7,17H,3-4H2,(H,15,18). The van der Waals surface area contributed by atoms with Crippen LogP contribution in [-0.4, -0.2) is 25.8 Å². The van der Waals surface area contributed by atoms with Gasteiger partial charge in [-0.3, -0.25) is 9.48 Å². The molecule has 0 atom stereocenters. The van der Waals surface area contributed by atoms with Gasteiger partial charge in [0.2, 0.25) is 5.91 Å². The highest BCUT2D eigenvalue weighted by Gasteiger charge is 2.07. The van der Waals surface area contributed by atoms with E-state index in [2.05, 4.69) is 15.4 Å². The number of phenols is 1. The van der Waals surface area contributed by atoms with Crippen LogP contribution >= 0.6 is 0 Å². The van der Waals surface area contributed by atoms with Gasteiger partial charge in [-0.05, 0) is 12.1 Å². The number of benzene rings is 1. The van der Waals surface area contributed by atoms with Crippen molar-refractivity contribution in [3.8, 4) is 5.75 Å². The number of carbonyl (C=O) groups excluding carboxylic acids is 1. The number of rotatable bonds is 4. The lowest BCUT2D eigenvalue weighted by Crippen LogP contribution is -2.15. The molecule has 0 bridgehead atoms. The maximum atomic E-state index is 13.3. The lowest BCUT2D eigenvalue weighted by Gasteiger charge is -2.06. The summed E-state index contributed by atoms with van der Waals surface area (Å²) in [7, 11) is 0. The molecule has 0 radical (unpaired) electrons. The summed E-state index contributed by atoms with van der Waals surface area (Å²) in [4.78, 5) is 15.3. The van der Waals surface area contributed by atoms with Crippen LogP contribution in [0.25, 0.3) is 0 Å². The molecule has 18 heavy (non-hydrogen) atoms. The Morgan fingerprint density at radius 3 is 3.00 bits per heavy atom. The van der Waals surface area contributed by atoms with Gasteiger partial charge in [0.1, 0.15) is 24.2 Å². The summed E-state index contributed by atoms with van der Waals surface area (Å²) in [5.74, 6) is -1.20. The van der Waals surface area contributed by atoms with Crippen molar-refractivity contribution in [1.82, 2.24) is 14.8 Å². The average Bonchev–Trinajstić information content (AvgIpc) is 2.83. The summed E-state index contributed by atoms with van der Waals surface area (Å²) in [6.07, 6.45) is 3.02. The summed E-state index contributed by atoms with van der Waals surface area (Å²) in [6, 6.07) is 3.54. The van der Waals surface area contributed by atoms with E-state index in [1.165, 1.54) is 29.5 Å². The number of anilines is 1. The Balaban J connectivity index is 1.91. The van der Waals surface area contributed by atoms with Crippen LogP contribution in [-0.2, 0) is 11.3 Å². The minimum Gasteiger partial charge on any atom is -0.508 e. The Morgan fingerprint density at radius 2 is 2.33 bits per heavy atom. The van der Waals surface area contributed by atoms with Crippen molar-refractivity contribution in [2.24, 2.45) is 0 Å². The maximum Gasteiger partial charge on any atom is 0.226 e. The second-order valence-electron chi connectivity index (χ2n) is 3.62. The van der Waals surface area contributed by atoms with Gasteiger partial charge in [-0.2, -0.15) is 5.10 Å². The fourth-order valence-corrected chi connectivity index (χ4v) is 1.38. The van der Waals surface area contributed by atoms with Crippen molar-refractivity contribution in [3.05, 3.63) is 36.7 Å². The van der Waals surface area contributed by atoms with Gasteiger partial charge in [0, 0.05) is 12.5 Å². The highest BCUT2D eigenvalue weighted by Crippen LogP contribution is 2.19. The molecule has 2 N–H and O–H groups in total.